The van der Waals surface area contributed by atoms with Crippen LogP contribution in [-0.4, -0.2) is 36.5 Å². The van der Waals surface area contributed by atoms with Gasteiger partial charge in [0.15, 0.2) is 0 Å². The van der Waals surface area contributed by atoms with E-state index in [1.54, 1.807) is 11.8 Å². The average molecular weight is 225 g/mol. The number of hydrogen-bond acceptors (Lipinski definition) is 3. The zero-order valence-corrected chi connectivity index (χ0v) is 9.99. The third-order valence-electron chi connectivity index (χ3n) is 2.82. The lowest BCUT2D eigenvalue weighted by Gasteiger charge is -2.17. The van der Waals surface area contributed by atoms with E-state index in [1.807, 2.05) is 0 Å². The largest absolute Gasteiger partial charge is 0.463 e. The molecule has 0 aromatic rings. The molecule has 0 N–H and O–H groups in total. The molecule has 1 rings (SSSR count). The van der Waals surface area contributed by atoms with E-state index in [9.17, 15) is 9.59 Å². The number of rotatable bonds is 5. The molecule has 0 radical (unpaired) electrons. The third kappa shape index (κ3) is 3.08. The molecule has 4 heteroatoms. The molecule has 1 fully saturated rings. The highest BCUT2D eigenvalue weighted by atomic mass is 16.5. The summed E-state index contributed by atoms with van der Waals surface area (Å²) in [4.78, 5) is 24.6. The van der Waals surface area contributed by atoms with Gasteiger partial charge < -0.3 is 9.64 Å². The molecule has 1 unspecified atom stereocenters. The quantitative estimate of drug-likeness (QED) is 0.524. The van der Waals surface area contributed by atoms with Gasteiger partial charge in [-0.3, -0.25) is 4.79 Å². The number of carbonyl (C=O) groups excluding carboxylic acids is 2. The van der Waals surface area contributed by atoms with Crippen LogP contribution < -0.4 is 0 Å². The minimum Gasteiger partial charge on any atom is -0.463 e. The predicted octanol–water partition coefficient (Wildman–Crippen LogP) is 1.36. The second kappa shape index (κ2) is 5.68. The summed E-state index contributed by atoms with van der Waals surface area (Å²) in [5, 5.41) is 0. The number of likely N-dealkylation sites (tertiary alicyclic amines) is 1. The summed E-state index contributed by atoms with van der Waals surface area (Å²) in [6, 6.07) is 0. The molecule has 0 saturated carbocycles. The minimum atomic E-state index is -0.407. The number of esters is 1. The van der Waals surface area contributed by atoms with E-state index < -0.39 is 5.97 Å². The lowest BCUT2D eigenvalue weighted by Crippen LogP contribution is -2.29. The summed E-state index contributed by atoms with van der Waals surface area (Å²) in [5.74, 6) is 0.120. The minimum absolute atomic E-state index is 0.109. The van der Waals surface area contributed by atoms with Crippen LogP contribution in [-0.2, 0) is 14.3 Å². The van der Waals surface area contributed by atoms with Crippen molar-refractivity contribution in [1.82, 2.24) is 4.90 Å². The van der Waals surface area contributed by atoms with Crippen LogP contribution in [0.2, 0.25) is 0 Å². The van der Waals surface area contributed by atoms with Crippen LogP contribution in [0.25, 0.3) is 0 Å². The maximum absolute atomic E-state index is 11.6. The molecule has 1 amide bonds. The normalized spacial score (nSPS) is 20.0. The van der Waals surface area contributed by atoms with Crippen molar-refractivity contribution in [1.29, 1.82) is 0 Å². The zero-order chi connectivity index (χ0) is 12.1. The standard InChI is InChI=1S/C12H19NO3/c1-4-10-6-11(14)13(8-10)7-9(3)12(15)16-5-2/h10H,3-8H2,1-2H3. The SMILES string of the molecule is C=C(CN1CC(CC)CC1=O)C(=O)OCC. The second-order valence-corrected chi connectivity index (χ2v) is 4.08. The topological polar surface area (TPSA) is 46.6 Å². The van der Waals surface area contributed by atoms with E-state index in [0.29, 0.717) is 31.1 Å². The van der Waals surface area contributed by atoms with E-state index in [1.165, 1.54) is 0 Å². The summed E-state index contributed by atoms with van der Waals surface area (Å²) in [5.41, 5.74) is 0.354. The van der Waals surface area contributed by atoms with Crippen LogP contribution in [0.4, 0.5) is 0 Å². The van der Waals surface area contributed by atoms with Gasteiger partial charge in [-0.25, -0.2) is 4.79 Å². The Labute approximate surface area is 96.3 Å². The van der Waals surface area contributed by atoms with Crippen LogP contribution >= 0.6 is 0 Å². The number of carbonyl (C=O) groups is 2. The van der Waals surface area contributed by atoms with Crippen molar-refractivity contribution in [3.63, 3.8) is 0 Å². The lowest BCUT2D eigenvalue weighted by atomic mass is 10.1. The fraction of sp³-hybridized carbons (Fsp3) is 0.667. The van der Waals surface area contributed by atoms with Crippen molar-refractivity contribution < 1.29 is 14.3 Å². The molecule has 0 aliphatic carbocycles. The van der Waals surface area contributed by atoms with Gasteiger partial charge in [0.25, 0.3) is 0 Å². The molecule has 0 aromatic heterocycles. The van der Waals surface area contributed by atoms with E-state index in [0.717, 1.165) is 13.0 Å². The summed E-state index contributed by atoms with van der Waals surface area (Å²) < 4.78 is 4.83. The van der Waals surface area contributed by atoms with Crippen molar-refractivity contribution in [2.45, 2.75) is 26.7 Å². The number of hydrogen-bond donors (Lipinski definition) is 0. The number of nitrogens with zero attached hydrogens (tertiary/aromatic N) is 1. The van der Waals surface area contributed by atoms with Crippen LogP contribution in [0, 0.1) is 5.92 Å². The van der Waals surface area contributed by atoms with Crippen LogP contribution in [0.1, 0.15) is 26.7 Å². The molecular formula is C12H19NO3. The molecule has 0 aromatic carbocycles. The molecule has 1 saturated heterocycles. The van der Waals surface area contributed by atoms with Gasteiger partial charge in [0.05, 0.1) is 13.2 Å². The molecular weight excluding hydrogens is 206 g/mol. The maximum atomic E-state index is 11.6. The Bertz CT molecular complexity index is 299. The van der Waals surface area contributed by atoms with Gasteiger partial charge in [-0.15, -0.1) is 0 Å². The van der Waals surface area contributed by atoms with Gasteiger partial charge in [-0.05, 0) is 12.8 Å². The Morgan fingerprint density at radius 1 is 1.56 bits per heavy atom. The molecule has 90 valence electrons. The zero-order valence-electron chi connectivity index (χ0n) is 9.99. The first-order chi connectivity index (χ1) is 7.58. The van der Waals surface area contributed by atoms with Crippen LogP contribution in [0.3, 0.4) is 0 Å². The van der Waals surface area contributed by atoms with Gasteiger partial charge in [-0.1, -0.05) is 19.9 Å². The first-order valence-corrected chi connectivity index (χ1v) is 5.71. The van der Waals surface area contributed by atoms with Crippen molar-refractivity contribution in [3.05, 3.63) is 12.2 Å². The Kier molecular flexibility index (Phi) is 4.52. The monoisotopic (exact) mass is 225 g/mol. The van der Waals surface area contributed by atoms with Crippen molar-refractivity contribution in [3.8, 4) is 0 Å². The Balaban J connectivity index is 2.46. The van der Waals surface area contributed by atoms with Crippen molar-refractivity contribution >= 4 is 11.9 Å². The van der Waals surface area contributed by atoms with E-state index >= 15 is 0 Å². The second-order valence-electron chi connectivity index (χ2n) is 4.08. The van der Waals surface area contributed by atoms with Crippen molar-refractivity contribution in [2.24, 2.45) is 5.92 Å². The molecule has 16 heavy (non-hydrogen) atoms. The first-order valence-electron chi connectivity index (χ1n) is 5.71. The lowest BCUT2D eigenvalue weighted by molar-refractivity contribution is -0.138. The Hall–Kier alpha value is -1.32. The van der Waals surface area contributed by atoms with Gasteiger partial charge in [0, 0.05) is 18.5 Å². The molecule has 1 atom stereocenters. The fourth-order valence-electron chi connectivity index (χ4n) is 1.81. The number of ether oxygens (including phenoxy) is 1. The summed E-state index contributed by atoms with van der Waals surface area (Å²) in [6.45, 7) is 8.84. The number of amides is 1. The predicted molar refractivity (Wildman–Crippen MR) is 60.8 cm³/mol. The van der Waals surface area contributed by atoms with Gasteiger partial charge in [-0.2, -0.15) is 0 Å². The van der Waals surface area contributed by atoms with Crippen molar-refractivity contribution in [2.75, 3.05) is 19.7 Å². The Morgan fingerprint density at radius 2 is 2.25 bits per heavy atom. The smallest absolute Gasteiger partial charge is 0.335 e. The fourth-order valence-corrected chi connectivity index (χ4v) is 1.81. The highest BCUT2D eigenvalue weighted by Gasteiger charge is 2.29. The van der Waals surface area contributed by atoms with Crippen LogP contribution in [0.15, 0.2) is 12.2 Å². The highest BCUT2D eigenvalue weighted by molar-refractivity contribution is 5.89. The third-order valence-corrected chi connectivity index (χ3v) is 2.82. The molecule has 1 aliphatic heterocycles. The molecule has 0 bridgehead atoms. The van der Waals surface area contributed by atoms with E-state index in [2.05, 4.69) is 13.5 Å². The molecule has 1 heterocycles. The van der Waals surface area contributed by atoms with E-state index in [-0.39, 0.29) is 5.91 Å². The highest BCUT2D eigenvalue weighted by Crippen LogP contribution is 2.21. The van der Waals surface area contributed by atoms with Gasteiger partial charge >= 0.3 is 5.97 Å². The molecule has 1 aliphatic rings. The summed E-state index contributed by atoms with van der Waals surface area (Å²) in [6.07, 6.45) is 1.58. The van der Waals surface area contributed by atoms with E-state index in [4.69, 9.17) is 4.74 Å². The van der Waals surface area contributed by atoms with Gasteiger partial charge in [0.1, 0.15) is 0 Å². The maximum Gasteiger partial charge on any atom is 0.335 e. The molecule has 4 nitrogen and oxygen atoms in total. The summed E-state index contributed by atoms with van der Waals surface area (Å²) >= 11 is 0. The van der Waals surface area contributed by atoms with Gasteiger partial charge in [0.2, 0.25) is 5.91 Å². The average Bonchev–Trinajstić information content (AvgIpc) is 2.60. The Morgan fingerprint density at radius 3 is 2.75 bits per heavy atom. The molecule has 0 spiro atoms. The first kappa shape index (κ1) is 12.7. The van der Waals surface area contributed by atoms with Crippen LogP contribution in [0.5, 0.6) is 0 Å². The summed E-state index contributed by atoms with van der Waals surface area (Å²) in [7, 11) is 0.